The Kier molecular flexibility index (Phi) is 32.2. The molecule has 127 heavy (non-hydrogen) atoms. The number of ether oxygens (including phenoxy) is 3. The fraction of sp³-hybridized carbons (Fsp3) is 0.471. The Bertz CT molecular complexity index is 5460. The number of carbonyl (C=O) groups is 9. The van der Waals surface area contributed by atoms with Crippen LogP contribution in [-0.2, 0) is 77.1 Å². The first-order chi connectivity index (χ1) is 59.8. The van der Waals surface area contributed by atoms with Gasteiger partial charge in [0.15, 0.2) is 46.5 Å². The Balaban J connectivity index is 0.000000192. The maximum absolute atomic E-state index is 14.1. The topological polar surface area (TPSA) is 413 Å². The number of likely N-dealkylation sites (N-methyl/N-ethyl adjacent to an activating group) is 2. The number of nitrogens with zero attached hydrogens (tertiary/aromatic N) is 11. The molecule has 0 saturated carbocycles. The zero-order valence-electron chi connectivity index (χ0n) is 73.3. The predicted molar refractivity (Wildman–Crippen MR) is 451 cm³/mol. The number of hydrogen-bond donors (Lipinski definition) is 9. The lowest BCUT2D eigenvalue weighted by atomic mass is 9.86. The van der Waals surface area contributed by atoms with Crippen molar-refractivity contribution in [3.8, 4) is 51.1 Å². The Morgan fingerprint density at radius 1 is 0.480 bits per heavy atom. The highest BCUT2D eigenvalue weighted by Gasteiger charge is 2.41. The van der Waals surface area contributed by atoms with Crippen molar-refractivity contribution < 1.29 is 97.6 Å². The van der Waals surface area contributed by atoms with Crippen molar-refractivity contribution in [3.05, 3.63) is 153 Å². The first-order valence-electron chi connectivity index (χ1n) is 41.1. The van der Waals surface area contributed by atoms with E-state index in [0.717, 1.165) is 69.0 Å². The van der Waals surface area contributed by atoms with Crippen LogP contribution in [0.3, 0.4) is 0 Å². The number of benzene rings is 4. The summed E-state index contributed by atoms with van der Waals surface area (Å²) >= 11 is 0. The van der Waals surface area contributed by atoms with Gasteiger partial charge in [0.05, 0.1) is 97.7 Å². The van der Waals surface area contributed by atoms with E-state index in [4.69, 9.17) is 25.2 Å². The van der Waals surface area contributed by atoms with E-state index < -0.39 is 134 Å². The molecular weight excluding hydrogens is 1670 g/mol. The number of amides is 8. The number of aliphatic hydroxyl groups excluding tert-OH is 1. The monoisotopic (exact) mass is 1780 g/mol. The number of carbonyl (C=O) groups excluding carboxylic acids is 9. The number of fused-ring (bicyclic) bond motifs is 4. The lowest BCUT2D eigenvalue weighted by Gasteiger charge is -2.31. The van der Waals surface area contributed by atoms with Crippen LogP contribution in [-0.4, -0.2) is 195 Å². The molecule has 8 aromatic rings. The number of nitrogens with one attached hydrogen (secondary N) is 7. The fourth-order valence-electron chi connectivity index (χ4n) is 14.6. The first-order valence-corrected chi connectivity index (χ1v) is 41.1. The number of primary amides is 1. The van der Waals surface area contributed by atoms with Crippen molar-refractivity contribution in [2.24, 2.45) is 27.4 Å². The number of β-amino-alcohol motifs (C(OH)–C–C–N with tert-alkyl or cyclic N) is 1. The van der Waals surface area contributed by atoms with Crippen LogP contribution >= 0.6 is 0 Å². The molecule has 12 rings (SSSR count). The van der Waals surface area contributed by atoms with Gasteiger partial charge in [-0.05, 0) is 127 Å². The summed E-state index contributed by atoms with van der Waals surface area (Å²) in [5, 5.41) is 54.3. The molecule has 8 heterocycles. The zero-order chi connectivity index (χ0) is 93.6. The number of aromatic nitrogens is 8. The predicted octanol–water partition coefficient (Wildman–Crippen LogP) is 10.4. The molecule has 4 atom stereocenters. The summed E-state index contributed by atoms with van der Waals surface area (Å²) in [4.78, 5) is 118. The molecule has 0 spiro atoms. The second-order valence-electron chi connectivity index (χ2n) is 34.6. The molecule has 684 valence electrons. The summed E-state index contributed by atoms with van der Waals surface area (Å²) in [6.45, 7) is 26.1. The van der Waals surface area contributed by atoms with E-state index in [1.807, 2.05) is 52.5 Å². The van der Waals surface area contributed by atoms with Gasteiger partial charge in [-0.3, -0.25) is 24.0 Å². The van der Waals surface area contributed by atoms with Gasteiger partial charge in [-0.1, -0.05) is 83.1 Å². The number of halogens is 8. The molecule has 0 unspecified atom stereocenters. The lowest BCUT2D eigenvalue weighted by molar-refractivity contribution is -0.141. The Hall–Kier alpha value is -12.6. The largest absolute Gasteiger partial charge is 0.465 e. The van der Waals surface area contributed by atoms with Crippen LogP contribution < -0.4 is 52.8 Å². The summed E-state index contributed by atoms with van der Waals surface area (Å²) in [5.74, 6) is -10.3. The highest BCUT2D eigenvalue weighted by molar-refractivity contribution is 5.94. The van der Waals surface area contributed by atoms with Crippen molar-refractivity contribution in [3.63, 3.8) is 0 Å². The SMILES string of the molecule is CC(C)(C)[C@H](NC(=O)n1nc(-c2ccc(F)c(F)c2)c2c1CCOC2)C(=O)NCCC#N.CC(C)(C)[C@H](NC(=O)n1nc(-c2ccc(F)c(F)c2)c2c1CCOC2)C(N)=O.CCOC(=O)CN1CCCc2c1c(-c1ccc(F)c(F)c1)nn2C(=O)N[C@H](C(=O)NC)C(C)(C)C.CNC(=O)[C@@H](NC(=O)n1nc(-c2ccc(F)c(F)c2)c2c1CCCN2CCO)C(C)(C)C. The number of nitriles is 1. The molecule has 0 saturated heterocycles. The van der Waals surface area contributed by atoms with Crippen LogP contribution in [0.5, 0.6) is 0 Å². The number of aliphatic hydroxyl groups is 1. The van der Waals surface area contributed by atoms with Gasteiger partial charge in [0.25, 0.3) is 0 Å². The van der Waals surface area contributed by atoms with Crippen LogP contribution in [0.2, 0.25) is 0 Å². The van der Waals surface area contributed by atoms with Gasteiger partial charge >= 0.3 is 30.1 Å². The van der Waals surface area contributed by atoms with Crippen molar-refractivity contribution in [2.45, 2.75) is 172 Å². The summed E-state index contributed by atoms with van der Waals surface area (Å²) in [6.07, 6.45) is 3.30. The van der Waals surface area contributed by atoms with Gasteiger partial charge in [-0.2, -0.15) is 44.4 Å². The molecule has 4 aromatic carbocycles. The van der Waals surface area contributed by atoms with Crippen LogP contribution in [0.4, 0.5) is 65.7 Å². The highest BCUT2D eigenvalue weighted by Crippen LogP contribution is 2.41. The van der Waals surface area contributed by atoms with Gasteiger partial charge in [0.2, 0.25) is 23.6 Å². The van der Waals surface area contributed by atoms with Crippen molar-refractivity contribution in [1.82, 2.24) is 76.3 Å². The molecule has 0 aliphatic carbocycles. The molecule has 0 radical (unpaired) electrons. The Labute approximate surface area is 728 Å². The first kappa shape index (κ1) is 98.2. The fourth-order valence-corrected chi connectivity index (χ4v) is 14.6. The smallest absolute Gasteiger partial charge is 0.343 e. The summed E-state index contributed by atoms with van der Waals surface area (Å²) in [7, 11) is 2.98. The van der Waals surface area contributed by atoms with E-state index in [1.165, 1.54) is 43.0 Å². The number of esters is 1. The maximum atomic E-state index is 14.1. The van der Waals surface area contributed by atoms with E-state index in [0.29, 0.717) is 144 Å². The summed E-state index contributed by atoms with van der Waals surface area (Å²) < 4.78 is 130. The van der Waals surface area contributed by atoms with Gasteiger partial charge in [0, 0.05) is 86.5 Å². The van der Waals surface area contributed by atoms with Crippen LogP contribution in [0.25, 0.3) is 45.0 Å². The second-order valence-corrected chi connectivity index (χ2v) is 34.6. The third kappa shape index (κ3) is 23.5. The van der Waals surface area contributed by atoms with E-state index in [9.17, 15) is 83.4 Å². The van der Waals surface area contributed by atoms with Gasteiger partial charge in [0.1, 0.15) is 42.1 Å². The molecular formula is C87H107F8N19O13. The molecule has 4 aliphatic heterocycles. The van der Waals surface area contributed by atoms with Gasteiger partial charge in [-0.15, -0.1) is 0 Å². The highest BCUT2D eigenvalue weighted by atomic mass is 19.2. The van der Waals surface area contributed by atoms with Crippen molar-refractivity contribution in [2.75, 3.05) is 83.0 Å². The molecule has 40 heteroatoms. The summed E-state index contributed by atoms with van der Waals surface area (Å²) in [5.41, 5.74) is 10.0. The minimum absolute atomic E-state index is 0.0896. The van der Waals surface area contributed by atoms with Crippen molar-refractivity contribution >= 4 is 65.1 Å². The van der Waals surface area contributed by atoms with Gasteiger partial charge < -0.3 is 72.1 Å². The zero-order valence-corrected chi connectivity index (χ0v) is 73.3. The maximum Gasteiger partial charge on any atom is 0.343 e. The van der Waals surface area contributed by atoms with E-state index in [2.05, 4.69) is 57.6 Å². The number of anilines is 2. The minimum Gasteiger partial charge on any atom is -0.465 e. The lowest BCUT2D eigenvalue weighted by Crippen LogP contribution is -2.54. The molecule has 4 aliphatic rings. The Morgan fingerprint density at radius 3 is 1.14 bits per heavy atom. The molecule has 10 N–H and O–H groups in total. The molecule has 0 bridgehead atoms. The minimum atomic E-state index is -1.06. The third-order valence-electron chi connectivity index (χ3n) is 21.0. The Morgan fingerprint density at radius 2 is 0.811 bits per heavy atom. The second kappa shape index (κ2) is 41.7. The molecule has 4 aromatic heterocycles. The number of nitrogens with two attached hydrogens (primary N) is 1. The van der Waals surface area contributed by atoms with E-state index in [-0.39, 0.29) is 69.0 Å². The average molecular weight is 1780 g/mol. The van der Waals surface area contributed by atoms with E-state index >= 15 is 0 Å². The van der Waals surface area contributed by atoms with Crippen molar-refractivity contribution in [1.29, 1.82) is 5.26 Å². The quantitative estimate of drug-likeness (QED) is 0.0206. The van der Waals surface area contributed by atoms with Crippen LogP contribution in [0, 0.1) is 79.5 Å². The van der Waals surface area contributed by atoms with Crippen LogP contribution in [0.1, 0.15) is 143 Å². The molecule has 8 amide bonds. The number of rotatable bonds is 19. The average Bonchev–Trinajstić information content (AvgIpc) is 1.63. The number of hydrogen-bond acceptors (Lipinski definition) is 20. The van der Waals surface area contributed by atoms with Gasteiger partial charge in [-0.25, -0.2) is 54.3 Å². The summed E-state index contributed by atoms with van der Waals surface area (Å²) in [6, 6.07) is 9.62. The van der Waals surface area contributed by atoms with Crippen LogP contribution in [0.15, 0.2) is 72.8 Å². The standard InChI is InChI=1S/C24H31F2N5O4.C22H29F2N5O3.C22H25F2N5O3.C19H22F2N4O3/c1-6-35-18(32)13-30-11-7-8-17-20(30)19(14-9-10-15(25)16(26)12-14)29-31(17)23(34)28-21(22(33)27-5)24(2,3)4;1-22(2,3)19(20(31)25-4)26-21(32)29-16-6-5-9-28(10-11-30)18(16)17(27-29)13-7-8-14(23)15(24)12-13;1-22(2,3)19(20(30)26-9-4-8-25)27-21(31)29-17-7-10-32-12-14(17)18(28-29)13-5-6-15(23)16(24)11-13;1-19(2,3)16(17(22)26)23-18(27)25-14-6-7-28-9-11(14)15(24-25)10-4-5-12(20)13(21)8-10/h9-10,12,21H,6-8,11,13H2,1-5H3,(H,27,33)(H,28,34);7-8,12,19,30H,5-6,9-11H2,1-4H3,(H,25,31)(H,26,32);5-6,11,19H,4,7,9-10,12H2,1-3H3,(H,26,30)(H,27,31);4-5,8,16H,6-7,9H2,1-3H3,(H2,22,26)(H,23,27)/t21-;2*19-;16-/m1111/s1. The molecule has 0 fully saturated rings. The van der Waals surface area contributed by atoms with E-state index in [1.54, 1.807) is 53.4 Å². The normalized spacial score (nSPS) is 14.5. The molecule has 32 nitrogen and oxygen atoms in total. The third-order valence-corrected chi connectivity index (χ3v) is 21.0.